The van der Waals surface area contributed by atoms with Crippen LogP contribution in [0, 0.1) is 13.8 Å². The van der Waals surface area contributed by atoms with Gasteiger partial charge in [-0.3, -0.25) is 4.40 Å². The zero-order chi connectivity index (χ0) is 10.4. The van der Waals surface area contributed by atoms with Crippen molar-refractivity contribution in [2.24, 2.45) is 0 Å². The van der Waals surface area contributed by atoms with Crippen LogP contribution in [0.4, 0.5) is 0 Å². The Kier molecular flexibility index (Phi) is 1.60. The lowest BCUT2D eigenvalue weighted by Gasteiger charge is -2.00. The van der Waals surface area contributed by atoms with Crippen molar-refractivity contribution in [3.05, 3.63) is 47.7 Å². The van der Waals surface area contributed by atoms with Crippen molar-refractivity contribution >= 4 is 16.7 Å². The van der Waals surface area contributed by atoms with E-state index in [1.165, 1.54) is 16.6 Å². The second-order valence-electron chi connectivity index (χ2n) is 3.94. The maximum absolute atomic E-state index is 4.64. The van der Waals surface area contributed by atoms with Crippen LogP contribution in [-0.2, 0) is 0 Å². The third kappa shape index (κ3) is 1.08. The number of benzene rings is 1. The molecular weight excluding hydrogens is 184 g/mol. The molecule has 74 valence electrons. The topological polar surface area (TPSA) is 17.3 Å². The molecule has 2 aromatic heterocycles. The highest BCUT2D eigenvalue weighted by molar-refractivity contribution is 5.86. The minimum absolute atomic E-state index is 1.02. The molecule has 15 heavy (non-hydrogen) atoms. The molecule has 0 aliphatic rings. The number of hydrogen-bond donors (Lipinski definition) is 0. The number of imidazole rings is 1. The Bertz CT molecular complexity index is 650. The molecule has 0 aliphatic carbocycles. The summed E-state index contributed by atoms with van der Waals surface area (Å²) in [7, 11) is 0. The van der Waals surface area contributed by atoms with Crippen LogP contribution in [0.25, 0.3) is 16.7 Å². The van der Waals surface area contributed by atoms with Gasteiger partial charge in [-0.05, 0) is 37.1 Å². The first-order valence-electron chi connectivity index (χ1n) is 5.10. The van der Waals surface area contributed by atoms with Crippen molar-refractivity contribution < 1.29 is 0 Å². The molecule has 0 saturated carbocycles. The van der Waals surface area contributed by atoms with Crippen LogP contribution in [0.5, 0.6) is 0 Å². The van der Waals surface area contributed by atoms with E-state index in [2.05, 4.69) is 41.6 Å². The molecule has 0 bridgehead atoms. The Morgan fingerprint density at radius 1 is 1.00 bits per heavy atom. The van der Waals surface area contributed by atoms with Gasteiger partial charge in [0, 0.05) is 6.20 Å². The maximum atomic E-state index is 4.64. The van der Waals surface area contributed by atoms with E-state index in [-0.39, 0.29) is 0 Å². The number of fused-ring (bicyclic) bond motifs is 3. The van der Waals surface area contributed by atoms with Crippen molar-refractivity contribution in [2.75, 3.05) is 0 Å². The van der Waals surface area contributed by atoms with Gasteiger partial charge in [0.05, 0.1) is 11.0 Å². The number of aromatic nitrogens is 2. The van der Waals surface area contributed by atoms with E-state index in [1.807, 2.05) is 18.2 Å². The Balaban J connectivity index is 2.66. The molecule has 0 unspecified atom stereocenters. The molecule has 3 rings (SSSR count). The Morgan fingerprint density at radius 3 is 2.67 bits per heavy atom. The number of hydrogen-bond acceptors (Lipinski definition) is 1. The van der Waals surface area contributed by atoms with Gasteiger partial charge in [-0.15, -0.1) is 0 Å². The third-order valence-electron chi connectivity index (χ3n) is 2.86. The third-order valence-corrected chi connectivity index (χ3v) is 2.86. The van der Waals surface area contributed by atoms with Gasteiger partial charge in [-0.2, -0.15) is 0 Å². The molecule has 1 aromatic carbocycles. The summed E-state index contributed by atoms with van der Waals surface area (Å²) < 4.78 is 2.15. The maximum Gasteiger partial charge on any atom is 0.137 e. The lowest BCUT2D eigenvalue weighted by atomic mass is 10.1. The quantitative estimate of drug-likeness (QED) is 0.540. The van der Waals surface area contributed by atoms with Gasteiger partial charge in [-0.25, -0.2) is 4.98 Å². The van der Waals surface area contributed by atoms with Crippen LogP contribution >= 0.6 is 0 Å². The fourth-order valence-electron chi connectivity index (χ4n) is 2.06. The first kappa shape index (κ1) is 8.48. The lowest BCUT2D eigenvalue weighted by molar-refractivity contribution is 1.22. The van der Waals surface area contributed by atoms with Crippen LogP contribution in [-0.4, -0.2) is 9.38 Å². The van der Waals surface area contributed by atoms with Crippen molar-refractivity contribution in [1.82, 2.24) is 9.38 Å². The van der Waals surface area contributed by atoms with Gasteiger partial charge in [0.25, 0.3) is 0 Å². The van der Waals surface area contributed by atoms with E-state index in [0.717, 1.165) is 11.2 Å². The molecule has 3 aromatic rings. The summed E-state index contributed by atoms with van der Waals surface area (Å²) in [6.07, 6.45) is 2.07. The average Bonchev–Trinajstić information content (AvgIpc) is 2.64. The van der Waals surface area contributed by atoms with Gasteiger partial charge >= 0.3 is 0 Å². The summed E-state index contributed by atoms with van der Waals surface area (Å²) in [6.45, 7) is 4.23. The monoisotopic (exact) mass is 196 g/mol. The largest absolute Gasteiger partial charge is 0.299 e. The number of pyridine rings is 1. The van der Waals surface area contributed by atoms with E-state index in [4.69, 9.17) is 0 Å². The molecule has 0 saturated heterocycles. The summed E-state index contributed by atoms with van der Waals surface area (Å²) in [4.78, 5) is 4.64. The smallest absolute Gasteiger partial charge is 0.137 e. The number of nitrogens with zero attached hydrogens (tertiary/aromatic N) is 2. The molecule has 0 atom stereocenters. The van der Waals surface area contributed by atoms with Crippen molar-refractivity contribution in [1.29, 1.82) is 0 Å². The molecule has 0 amide bonds. The highest BCUT2D eigenvalue weighted by Crippen LogP contribution is 2.22. The van der Waals surface area contributed by atoms with E-state index in [9.17, 15) is 0 Å². The SMILES string of the molecule is Cc1ccc(C)c2c1nc1ccccn12. The summed E-state index contributed by atoms with van der Waals surface area (Å²) in [6, 6.07) is 10.4. The molecule has 2 heterocycles. The lowest BCUT2D eigenvalue weighted by Crippen LogP contribution is -1.85. The molecule has 0 N–H and O–H groups in total. The number of aryl methyl sites for hydroxylation is 2. The molecule has 2 nitrogen and oxygen atoms in total. The summed E-state index contributed by atoms with van der Waals surface area (Å²) >= 11 is 0. The Hall–Kier alpha value is -1.83. The zero-order valence-corrected chi connectivity index (χ0v) is 8.86. The molecule has 0 aliphatic heterocycles. The van der Waals surface area contributed by atoms with Crippen molar-refractivity contribution in [3.8, 4) is 0 Å². The Labute approximate surface area is 88.2 Å². The average molecular weight is 196 g/mol. The van der Waals surface area contributed by atoms with Gasteiger partial charge < -0.3 is 0 Å². The van der Waals surface area contributed by atoms with Gasteiger partial charge in [0.15, 0.2) is 0 Å². The molecule has 0 spiro atoms. The standard InChI is InChI=1S/C13H12N2/c1-9-6-7-10(2)13-12(9)14-11-5-3-4-8-15(11)13/h3-8H,1-2H3. The van der Waals surface area contributed by atoms with E-state index >= 15 is 0 Å². The highest BCUT2D eigenvalue weighted by Gasteiger charge is 2.07. The second kappa shape index (κ2) is 2.83. The summed E-state index contributed by atoms with van der Waals surface area (Å²) in [5.74, 6) is 0. The number of rotatable bonds is 0. The van der Waals surface area contributed by atoms with Crippen molar-refractivity contribution in [3.63, 3.8) is 0 Å². The fraction of sp³-hybridized carbons (Fsp3) is 0.154. The Morgan fingerprint density at radius 2 is 1.80 bits per heavy atom. The van der Waals surface area contributed by atoms with Crippen molar-refractivity contribution in [2.45, 2.75) is 13.8 Å². The minimum Gasteiger partial charge on any atom is -0.299 e. The molecule has 0 radical (unpaired) electrons. The van der Waals surface area contributed by atoms with Crippen LogP contribution in [0.2, 0.25) is 0 Å². The van der Waals surface area contributed by atoms with E-state index in [1.54, 1.807) is 0 Å². The van der Waals surface area contributed by atoms with E-state index in [0.29, 0.717) is 0 Å². The first-order chi connectivity index (χ1) is 7.27. The molecule has 2 heteroatoms. The summed E-state index contributed by atoms with van der Waals surface area (Å²) in [5.41, 5.74) is 5.87. The van der Waals surface area contributed by atoms with Crippen LogP contribution in [0.3, 0.4) is 0 Å². The van der Waals surface area contributed by atoms with Gasteiger partial charge in [-0.1, -0.05) is 18.2 Å². The predicted molar refractivity (Wildman–Crippen MR) is 62.2 cm³/mol. The summed E-state index contributed by atoms with van der Waals surface area (Å²) in [5, 5.41) is 0. The van der Waals surface area contributed by atoms with Crippen LogP contribution in [0.1, 0.15) is 11.1 Å². The fourth-order valence-corrected chi connectivity index (χ4v) is 2.06. The minimum atomic E-state index is 1.02. The molecular formula is C13H12N2. The van der Waals surface area contributed by atoms with Gasteiger partial charge in [0.2, 0.25) is 0 Å². The zero-order valence-electron chi connectivity index (χ0n) is 8.86. The normalized spacial score (nSPS) is 11.3. The van der Waals surface area contributed by atoms with Gasteiger partial charge in [0.1, 0.15) is 5.65 Å². The van der Waals surface area contributed by atoms with E-state index < -0.39 is 0 Å². The van der Waals surface area contributed by atoms with Crippen LogP contribution in [0.15, 0.2) is 36.5 Å². The predicted octanol–water partition coefficient (Wildman–Crippen LogP) is 3.10. The first-order valence-corrected chi connectivity index (χ1v) is 5.10. The van der Waals surface area contributed by atoms with Crippen LogP contribution < -0.4 is 0 Å². The highest BCUT2D eigenvalue weighted by atomic mass is 15.0. The molecule has 0 fully saturated rings. The second-order valence-corrected chi connectivity index (χ2v) is 3.94.